The van der Waals surface area contributed by atoms with E-state index in [1.807, 2.05) is 33.0 Å². The van der Waals surface area contributed by atoms with E-state index < -0.39 is 41.5 Å². The third-order valence-electron chi connectivity index (χ3n) is 10.3. The molecule has 3 fully saturated rings. The summed E-state index contributed by atoms with van der Waals surface area (Å²) in [5.74, 6) is -4.01. The van der Waals surface area contributed by atoms with Crippen molar-refractivity contribution in [1.82, 2.24) is 25.0 Å². The number of likely N-dealkylation sites (N-methyl/N-ethyl adjacent to an activating group) is 1. The molecule has 10 nitrogen and oxygen atoms in total. The first-order valence-electron chi connectivity index (χ1n) is 15.5. The largest absolute Gasteiger partial charge is 0.349 e. The van der Waals surface area contributed by atoms with Crippen LogP contribution in [0.4, 0.5) is 0 Å². The molecule has 3 amide bonds. The summed E-state index contributed by atoms with van der Waals surface area (Å²) in [6, 6.07) is 4.76. The molecular formula is C32H40BrN5O5. The Bertz CT molecular complexity index is 1570. The van der Waals surface area contributed by atoms with E-state index in [0.717, 1.165) is 34.1 Å². The SMILES string of the molecule is CC(C)C[C@@H]1C(=O)N2CCC[C@H]2[C@]2(O)O[C@](NC(=O)[C@@H]3C=C4c5cccc6[nH]c(Br)c(c56)C[C@H]4N(C)C3)(C(C)C)C(=O)N12. The Balaban J connectivity index is 1.25. The lowest BCUT2D eigenvalue weighted by Gasteiger charge is -2.49. The molecule has 7 rings (SSSR count). The lowest BCUT2D eigenvalue weighted by Crippen LogP contribution is -2.71. The van der Waals surface area contributed by atoms with Crippen LogP contribution in [-0.2, 0) is 25.5 Å². The van der Waals surface area contributed by atoms with Crippen LogP contribution in [0.2, 0.25) is 0 Å². The van der Waals surface area contributed by atoms with Crippen LogP contribution in [0.3, 0.4) is 0 Å². The third-order valence-corrected chi connectivity index (χ3v) is 10.9. The second kappa shape index (κ2) is 9.89. The first-order valence-corrected chi connectivity index (χ1v) is 16.3. The van der Waals surface area contributed by atoms with Crippen LogP contribution >= 0.6 is 15.9 Å². The maximum atomic E-state index is 14.4. The van der Waals surface area contributed by atoms with E-state index >= 15 is 0 Å². The number of H-pyrrole nitrogens is 1. The fraction of sp³-hybridized carbons (Fsp3) is 0.594. The van der Waals surface area contributed by atoms with Crippen molar-refractivity contribution in [2.75, 3.05) is 20.1 Å². The van der Waals surface area contributed by atoms with Gasteiger partial charge in [0.05, 0.1) is 10.5 Å². The fourth-order valence-electron chi connectivity index (χ4n) is 8.15. The van der Waals surface area contributed by atoms with E-state index in [9.17, 15) is 19.5 Å². The average molecular weight is 655 g/mol. The van der Waals surface area contributed by atoms with Crippen molar-refractivity contribution in [3.8, 4) is 0 Å². The van der Waals surface area contributed by atoms with Gasteiger partial charge >= 0.3 is 0 Å². The maximum Gasteiger partial charge on any atom is 0.281 e. The molecule has 3 saturated heterocycles. The first kappa shape index (κ1) is 29.0. The van der Waals surface area contributed by atoms with Gasteiger partial charge in [0.15, 0.2) is 0 Å². The molecule has 0 saturated carbocycles. The zero-order chi connectivity index (χ0) is 30.6. The number of benzene rings is 1. The summed E-state index contributed by atoms with van der Waals surface area (Å²) in [6.45, 7) is 8.57. The van der Waals surface area contributed by atoms with E-state index in [2.05, 4.69) is 43.3 Å². The number of halogens is 1. The number of carbonyl (C=O) groups is 3. The summed E-state index contributed by atoms with van der Waals surface area (Å²) < 4.78 is 7.43. The van der Waals surface area contributed by atoms with Crippen molar-refractivity contribution in [3.05, 3.63) is 40.0 Å². The summed E-state index contributed by atoms with van der Waals surface area (Å²) in [5.41, 5.74) is 2.68. The van der Waals surface area contributed by atoms with Crippen molar-refractivity contribution < 1.29 is 24.2 Å². The number of aromatic nitrogens is 1. The van der Waals surface area contributed by atoms with Crippen molar-refractivity contribution in [3.63, 3.8) is 0 Å². The molecule has 2 aromatic rings. The number of hydrogen-bond acceptors (Lipinski definition) is 6. The van der Waals surface area contributed by atoms with Crippen LogP contribution in [0.15, 0.2) is 28.9 Å². The Morgan fingerprint density at radius 3 is 2.74 bits per heavy atom. The highest BCUT2D eigenvalue weighted by atomic mass is 79.9. The van der Waals surface area contributed by atoms with Gasteiger partial charge in [0.25, 0.3) is 11.8 Å². The number of fused-ring (bicyclic) bond motifs is 5. The monoisotopic (exact) mass is 653 g/mol. The molecule has 230 valence electrons. The topological polar surface area (TPSA) is 118 Å². The van der Waals surface area contributed by atoms with Crippen molar-refractivity contribution in [1.29, 1.82) is 0 Å². The van der Waals surface area contributed by atoms with Crippen LogP contribution in [0.1, 0.15) is 58.1 Å². The molecule has 5 aliphatic rings. The molecule has 0 bridgehead atoms. The van der Waals surface area contributed by atoms with Gasteiger partial charge < -0.3 is 20.3 Å². The molecule has 6 atom stereocenters. The number of piperazine rings is 1. The number of nitrogens with zero attached hydrogens (tertiary/aromatic N) is 3. The fourth-order valence-corrected chi connectivity index (χ4v) is 8.72. The van der Waals surface area contributed by atoms with Gasteiger partial charge in [-0.15, -0.1) is 0 Å². The molecule has 43 heavy (non-hydrogen) atoms. The highest BCUT2D eigenvalue weighted by Gasteiger charge is 2.72. The van der Waals surface area contributed by atoms with Crippen LogP contribution in [0.5, 0.6) is 0 Å². The number of hydrogen-bond donors (Lipinski definition) is 3. The predicted octanol–water partition coefficient (Wildman–Crippen LogP) is 3.19. The van der Waals surface area contributed by atoms with Crippen LogP contribution in [-0.4, -0.2) is 92.4 Å². The van der Waals surface area contributed by atoms with Crippen LogP contribution in [0, 0.1) is 17.8 Å². The molecule has 0 radical (unpaired) electrons. The molecule has 0 spiro atoms. The normalized spacial score (nSPS) is 33.7. The van der Waals surface area contributed by atoms with Gasteiger partial charge in [0, 0.05) is 36.0 Å². The molecule has 11 heteroatoms. The molecule has 5 heterocycles. The number of nitrogens with one attached hydrogen (secondary N) is 2. The van der Waals surface area contributed by atoms with Gasteiger partial charge in [-0.3, -0.25) is 28.9 Å². The quantitative estimate of drug-likeness (QED) is 0.456. The maximum absolute atomic E-state index is 14.4. The lowest BCUT2D eigenvalue weighted by atomic mass is 9.79. The molecular weight excluding hydrogens is 614 g/mol. The number of amides is 3. The van der Waals surface area contributed by atoms with Gasteiger partial charge in [0.1, 0.15) is 12.1 Å². The predicted molar refractivity (Wildman–Crippen MR) is 164 cm³/mol. The third kappa shape index (κ3) is 4.04. The van der Waals surface area contributed by atoms with E-state index in [-0.39, 0.29) is 23.8 Å². The first-order chi connectivity index (χ1) is 20.4. The van der Waals surface area contributed by atoms with E-state index in [0.29, 0.717) is 25.9 Å². The second-order valence-corrected chi connectivity index (χ2v) is 14.5. The number of aromatic amines is 1. The van der Waals surface area contributed by atoms with Gasteiger partial charge in [-0.2, -0.15) is 0 Å². The Labute approximate surface area is 259 Å². The summed E-state index contributed by atoms with van der Waals surface area (Å²) in [6.07, 6.45) is 4.49. The molecule has 4 aliphatic heterocycles. The lowest BCUT2D eigenvalue weighted by molar-refractivity contribution is -0.322. The molecule has 1 aromatic carbocycles. The number of carbonyl (C=O) groups excluding carboxylic acids is 3. The average Bonchev–Trinajstić information content (AvgIpc) is 3.63. The highest BCUT2D eigenvalue weighted by molar-refractivity contribution is 9.10. The molecule has 0 unspecified atom stereocenters. The van der Waals surface area contributed by atoms with Gasteiger partial charge in [-0.1, -0.05) is 45.9 Å². The summed E-state index contributed by atoms with van der Waals surface area (Å²) in [7, 11) is 2.03. The number of rotatable bonds is 5. The van der Waals surface area contributed by atoms with Gasteiger partial charge in [-0.25, -0.2) is 0 Å². The number of ether oxygens (including phenoxy) is 1. The Kier molecular flexibility index (Phi) is 6.67. The van der Waals surface area contributed by atoms with Crippen LogP contribution < -0.4 is 5.32 Å². The van der Waals surface area contributed by atoms with Crippen LogP contribution in [0.25, 0.3) is 16.5 Å². The Morgan fingerprint density at radius 2 is 2.02 bits per heavy atom. The minimum atomic E-state index is -2.01. The highest BCUT2D eigenvalue weighted by Crippen LogP contribution is 2.49. The Hall–Kier alpha value is -2.73. The summed E-state index contributed by atoms with van der Waals surface area (Å²) in [4.78, 5) is 50.8. The van der Waals surface area contributed by atoms with E-state index in [1.165, 1.54) is 15.8 Å². The molecule has 1 aliphatic carbocycles. The molecule has 1 aromatic heterocycles. The minimum Gasteiger partial charge on any atom is -0.349 e. The smallest absolute Gasteiger partial charge is 0.281 e. The standard InChI is InChI=1S/C32H40BrN5O5/c1-16(2)12-24-29(40)37-11-7-10-25(37)32(42)38(24)30(41)31(43-32,17(3)4)35-28(39)18-13-20-19-8-6-9-22-26(19)21(27(33)34-22)14-23(20)36(5)15-18/h6,8-9,13,16-18,23-25,34,42H,7,10-12,14-15H2,1-5H3,(H,35,39)/t18-,23-,24-,25+,31-,32+/m1/s1. The zero-order valence-corrected chi connectivity index (χ0v) is 26.9. The minimum absolute atomic E-state index is 0.104. The Morgan fingerprint density at radius 1 is 1.26 bits per heavy atom. The van der Waals surface area contributed by atoms with E-state index in [1.54, 1.807) is 18.7 Å². The second-order valence-electron chi connectivity index (χ2n) is 13.7. The van der Waals surface area contributed by atoms with Crippen molar-refractivity contribution in [2.45, 2.75) is 83.1 Å². The molecule has 3 N–H and O–H groups in total. The van der Waals surface area contributed by atoms with E-state index in [4.69, 9.17) is 4.74 Å². The van der Waals surface area contributed by atoms with Crippen molar-refractivity contribution in [2.24, 2.45) is 17.8 Å². The van der Waals surface area contributed by atoms with Gasteiger partial charge in [-0.05, 0) is 77.3 Å². The van der Waals surface area contributed by atoms with Gasteiger partial charge in [0.2, 0.25) is 17.5 Å². The van der Waals surface area contributed by atoms with Crippen molar-refractivity contribution >= 4 is 50.1 Å². The zero-order valence-electron chi connectivity index (χ0n) is 25.3. The summed E-state index contributed by atoms with van der Waals surface area (Å²) in [5, 5.41) is 16.3. The summed E-state index contributed by atoms with van der Waals surface area (Å²) >= 11 is 3.70. The number of aliphatic hydroxyl groups is 1.